The van der Waals surface area contributed by atoms with E-state index in [-0.39, 0.29) is 28.5 Å². The molecule has 1 heterocycles. The maximum absolute atomic E-state index is 12.2. The first-order valence-electron chi connectivity index (χ1n) is 6.71. The second-order valence-corrected chi connectivity index (χ2v) is 6.63. The molecule has 5 N–H and O–H groups in total. The summed E-state index contributed by atoms with van der Waals surface area (Å²) in [5.74, 6) is -0.0115. The van der Waals surface area contributed by atoms with E-state index < -0.39 is 5.91 Å². The molecule has 118 valence electrons. The number of aromatic nitrogens is 2. The van der Waals surface area contributed by atoms with Crippen molar-refractivity contribution < 1.29 is 9.28 Å². The van der Waals surface area contributed by atoms with Crippen LogP contribution in [0.3, 0.4) is 0 Å². The number of hydrogen-bond acceptors (Lipinski definition) is 5. The molecule has 1 amide bonds. The molecule has 0 fully saturated rings. The number of amides is 1. The molecule has 0 aliphatic rings. The molecule has 1 atom stereocenters. The maximum atomic E-state index is 12.2. The Hall–Kier alpha value is -1.60. The summed E-state index contributed by atoms with van der Waals surface area (Å²) in [6.07, 6.45) is 0. The highest BCUT2D eigenvalue weighted by Crippen LogP contribution is 2.18. The lowest BCUT2D eigenvalue weighted by atomic mass is 10.0. The molecule has 0 spiro atoms. The van der Waals surface area contributed by atoms with Gasteiger partial charge in [0.15, 0.2) is 22.5 Å². The molecule has 1 aromatic rings. The average molecular weight is 316 g/mol. The number of nitrogens with one attached hydrogen (secondary N) is 1. The van der Waals surface area contributed by atoms with Crippen LogP contribution < -0.4 is 16.8 Å². The third-order valence-electron chi connectivity index (χ3n) is 3.36. The second kappa shape index (κ2) is 6.44. The normalized spacial score (nSPS) is 13.3. The van der Waals surface area contributed by atoms with E-state index in [1.807, 2.05) is 0 Å². The van der Waals surface area contributed by atoms with Crippen LogP contribution in [0.1, 0.15) is 24.3 Å². The van der Waals surface area contributed by atoms with Crippen LogP contribution in [0, 0.1) is 5.92 Å². The standard InChI is InChI=1S/C13H23ClN6O/c1-7(2)8(20(3,4)5)6-17-13(21)9-11(15)19-12(16)10(14)18-9/h7-8H,6H2,1-5H3,(H4-,15,16,17,19,21)/p+1/t8-/m0/s1. The lowest BCUT2D eigenvalue weighted by Crippen LogP contribution is -2.53. The van der Waals surface area contributed by atoms with Gasteiger partial charge in [0.2, 0.25) is 0 Å². The van der Waals surface area contributed by atoms with Gasteiger partial charge < -0.3 is 21.3 Å². The molecule has 21 heavy (non-hydrogen) atoms. The van der Waals surface area contributed by atoms with Crippen LogP contribution in [0.4, 0.5) is 11.6 Å². The first-order valence-corrected chi connectivity index (χ1v) is 7.09. The minimum Gasteiger partial charge on any atom is -0.382 e. The number of nitrogens with two attached hydrogens (primary N) is 2. The van der Waals surface area contributed by atoms with Gasteiger partial charge in [-0.1, -0.05) is 25.4 Å². The first kappa shape index (κ1) is 17.5. The van der Waals surface area contributed by atoms with E-state index in [2.05, 4.69) is 50.3 Å². The predicted octanol–water partition coefficient (Wildman–Crippen LogP) is 0.755. The summed E-state index contributed by atoms with van der Waals surface area (Å²) in [6, 6.07) is 0.257. The highest BCUT2D eigenvalue weighted by Gasteiger charge is 2.28. The monoisotopic (exact) mass is 315 g/mol. The Morgan fingerprint density at radius 3 is 2.29 bits per heavy atom. The molecule has 0 aliphatic heterocycles. The zero-order valence-corrected chi connectivity index (χ0v) is 13.9. The molecule has 0 aromatic carbocycles. The van der Waals surface area contributed by atoms with E-state index in [0.29, 0.717) is 12.5 Å². The molecule has 0 unspecified atom stereocenters. The molecule has 0 saturated carbocycles. The van der Waals surface area contributed by atoms with Gasteiger partial charge in [0.25, 0.3) is 5.91 Å². The molecular weight excluding hydrogens is 292 g/mol. The van der Waals surface area contributed by atoms with Gasteiger partial charge in [0.05, 0.1) is 27.7 Å². The molecule has 8 heteroatoms. The van der Waals surface area contributed by atoms with Gasteiger partial charge in [0, 0.05) is 5.92 Å². The summed E-state index contributed by atoms with van der Waals surface area (Å²) < 4.78 is 0.738. The Kier molecular flexibility index (Phi) is 5.36. The fraction of sp³-hybridized carbons (Fsp3) is 0.615. The van der Waals surface area contributed by atoms with E-state index in [0.717, 1.165) is 4.48 Å². The zero-order valence-electron chi connectivity index (χ0n) is 13.1. The summed E-state index contributed by atoms with van der Waals surface area (Å²) >= 11 is 5.78. The number of carbonyl (C=O) groups is 1. The molecular formula is C13H24ClN6O+. The number of rotatable bonds is 5. The van der Waals surface area contributed by atoms with Crippen molar-refractivity contribution in [2.45, 2.75) is 19.9 Å². The lowest BCUT2D eigenvalue weighted by Gasteiger charge is -2.36. The van der Waals surface area contributed by atoms with Gasteiger partial charge in [0.1, 0.15) is 6.04 Å². The van der Waals surface area contributed by atoms with Crippen molar-refractivity contribution >= 4 is 29.1 Å². The van der Waals surface area contributed by atoms with Crippen LogP contribution in [0.5, 0.6) is 0 Å². The Bertz CT molecular complexity index is 526. The van der Waals surface area contributed by atoms with Crippen molar-refractivity contribution in [3.63, 3.8) is 0 Å². The lowest BCUT2D eigenvalue weighted by molar-refractivity contribution is -0.898. The van der Waals surface area contributed by atoms with Crippen molar-refractivity contribution in [3.05, 3.63) is 10.8 Å². The van der Waals surface area contributed by atoms with Crippen LogP contribution in [0.15, 0.2) is 0 Å². The minimum absolute atomic E-state index is 0.00175. The quantitative estimate of drug-likeness (QED) is 0.695. The molecule has 1 aromatic heterocycles. The molecule has 0 radical (unpaired) electrons. The summed E-state index contributed by atoms with van der Waals surface area (Å²) in [6.45, 7) is 4.74. The fourth-order valence-electron chi connectivity index (χ4n) is 2.29. The predicted molar refractivity (Wildman–Crippen MR) is 84.9 cm³/mol. The third kappa shape index (κ3) is 4.44. The molecule has 0 bridgehead atoms. The molecule has 0 saturated heterocycles. The Balaban J connectivity index is 2.85. The van der Waals surface area contributed by atoms with Crippen molar-refractivity contribution in [2.24, 2.45) is 5.92 Å². The maximum Gasteiger partial charge on any atom is 0.274 e. The van der Waals surface area contributed by atoms with Crippen LogP contribution >= 0.6 is 11.6 Å². The zero-order chi connectivity index (χ0) is 16.4. The SMILES string of the molecule is CC(C)[C@H](CNC(=O)c1nc(Cl)c(N)nc1N)[N+](C)(C)C. The topological polar surface area (TPSA) is 107 Å². The largest absolute Gasteiger partial charge is 0.382 e. The van der Waals surface area contributed by atoms with Gasteiger partial charge in [-0.25, -0.2) is 9.97 Å². The highest BCUT2D eigenvalue weighted by atomic mass is 35.5. The van der Waals surface area contributed by atoms with Gasteiger partial charge in [-0.3, -0.25) is 4.79 Å². The van der Waals surface area contributed by atoms with Crippen LogP contribution in [-0.2, 0) is 0 Å². The molecule has 1 rings (SSSR count). The van der Waals surface area contributed by atoms with E-state index in [9.17, 15) is 4.79 Å². The number of anilines is 2. The summed E-state index contributed by atoms with van der Waals surface area (Å²) in [7, 11) is 6.27. The van der Waals surface area contributed by atoms with E-state index in [1.165, 1.54) is 0 Å². The number of hydrogen-bond donors (Lipinski definition) is 3. The van der Waals surface area contributed by atoms with Crippen LogP contribution in [-0.4, -0.2) is 54.1 Å². The Morgan fingerprint density at radius 2 is 1.81 bits per heavy atom. The van der Waals surface area contributed by atoms with Crippen molar-refractivity contribution in [1.82, 2.24) is 15.3 Å². The first-order chi connectivity index (χ1) is 9.54. The number of nitrogens with zero attached hydrogens (tertiary/aromatic N) is 3. The van der Waals surface area contributed by atoms with E-state index in [1.54, 1.807) is 0 Å². The number of carbonyl (C=O) groups excluding carboxylic acids is 1. The minimum atomic E-state index is -0.402. The summed E-state index contributed by atoms with van der Waals surface area (Å²) in [5.41, 5.74) is 11.2. The van der Waals surface area contributed by atoms with E-state index >= 15 is 0 Å². The highest BCUT2D eigenvalue weighted by molar-refractivity contribution is 6.31. The molecule has 7 nitrogen and oxygen atoms in total. The van der Waals surface area contributed by atoms with Crippen molar-refractivity contribution in [1.29, 1.82) is 0 Å². The van der Waals surface area contributed by atoms with Gasteiger partial charge in [-0.05, 0) is 0 Å². The summed E-state index contributed by atoms with van der Waals surface area (Å²) in [5, 5.41) is 2.81. The third-order valence-corrected chi connectivity index (χ3v) is 3.63. The van der Waals surface area contributed by atoms with Crippen molar-refractivity contribution in [2.75, 3.05) is 39.2 Å². The number of nitrogen functional groups attached to an aromatic ring is 2. The van der Waals surface area contributed by atoms with Crippen LogP contribution in [0.2, 0.25) is 5.15 Å². The van der Waals surface area contributed by atoms with Gasteiger partial charge in [-0.2, -0.15) is 0 Å². The second-order valence-electron chi connectivity index (χ2n) is 6.27. The molecule has 0 aliphatic carbocycles. The van der Waals surface area contributed by atoms with Gasteiger partial charge in [-0.15, -0.1) is 0 Å². The van der Waals surface area contributed by atoms with Crippen LogP contribution in [0.25, 0.3) is 0 Å². The summed E-state index contributed by atoms with van der Waals surface area (Å²) in [4.78, 5) is 19.9. The smallest absolute Gasteiger partial charge is 0.274 e. The van der Waals surface area contributed by atoms with Crippen molar-refractivity contribution in [3.8, 4) is 0 Å². The Morgan fingerprint density at radius 1 is 1.24 bits per heavy atom. The number of halogens is 1. The van der Waals surface area contributed by atoms with Gasteiger partial charge >= 0.3 is 0 Å². The van der Waals surface area contributed by atoms with E-state index in [4.69, 9.17) is 23.1 Å². The fourth-order valence-corrected chi connectivity index (χ4v) is 2.42. The number of likely N-dealkylation sites (N-methyl/N-ethyl adjacent to an activating group) is 1. The number of quaternary nitrogens is 1. The Labute approximate surface area is 130 Å². The average Bonchev–Trinajstić information content (AvgIpc) is 2.31.